The molecule has 0 rings (SSSR count). The van der Waals surface area contributed by atoms with Crippen LogP contribution < -0.4 is 5.11 Å². The number of hydrogen-bond donors (Lipinski definition) is 0. The van der Waals surface area contributed by atoms with Crippen molar-refractivity contribution in [2.75, 3.05) is 41.0 Å². The van der Waals surface area contributed by atoms with Crippen LogP contribution in [0.4, 0.5) is 0 Å². The van der Waals surface area contributed by atoms with Gasteiger partial charge in [0.25, 0.3) is 0 Å². The van der Waals surface area contributed by atoms with Crippen LogP contribution in [-0.4, -0.2) is 75.5 Å². The van der Waals surface area contributed by atoms with Crippen molar-refractivity contribution < 1.29 is 38.2 Å². The Hall–Kier alpha value is -3.23. The van der Waals surface area contributed by atoms with Crippen LogP contribution in [0.3, 0.4) is 0 Å². The Labute approximate surface area is 355 Å². The zero-order chi connectivity index (χ0) is 42.8. The van der Waals surface area contributed by atoms with Crippen molar-refractivity contribution >= 4 is 17.9 Å². The summed E-state index contributed by atoms with van der Waals surface area (Å²) in [5.41, 5.74) is 0. The van der Waals surface area contributed by atoms with Crippen molar-refractivity contribution in [1.82, 2.24) is 0 Å². The molecule has 0 heterocycles. The van der Waals surface area contributed by atoms with E-state index < -0.39 is 18.1 Å². The van der Waals surface area contributed by atoms with Gasteiger partial charge in [-0.15, -0.1) is 0 Å². The molecular formula is C50H85NO7. The normalized spacial score (nSPS) is 13.6. The van der Waals surface area contributed by atoms with Gasteiger partial charge in [0.05, 0.1) is 40.3 Å². The molecule has 0 aromatic heterocycles. The van der Waals surface area contributed by atoms with E-state index in [0.717, 1.165) is 51.4 Å². The second kappa shape index (κ2) is 40.5. The summed E-state index contributed by atoms with van der Waals surface area (Å²) in [7, 11) is 5.39. The SMILES string of the molecule is CC/C=C/C=C/C=C/C=C/C=C/C=C/CCCCCC(=O)OCC(COCCC(C(=O)[O-])[N+](C)(C)C)OC(=O)CCCCCCCCCCCCCCCCCCC. The largest absolute Gasteiger partial charge is 0.544 e. The fourth-order valence-corrected chi connectivity index (χ4v) is 6.46. The molecule has 0 aliphatic carbocycles. The minimum atomic E-state index is -1.13. The number of quaternary nitrogens is 1. The lowest BCUT2D eigenvalue weighted by molar-refractivity contribution is -0.889. The Morgan fingerprint density at radius 2 is 0.966 bits per heavy atom. The van der Waals surface area contributed by atoms with Crippen LogP contribution in [0.25, 0.3) is 0 Å². The number of nitrogens with zero attached hydrogens (tertiary/aromatic N) is 1. The van der Waals surface area contributed by atoms with Crippen LogP contribution in [0, 0.1) is 0 Å². The van der Waals surface area contributed by atoms with Crippen molar-refractivity contribution in [2.45, 2.75) is 187 Å². The lowest BCUT2D eigenvalue weighted by atomic mass is 10.0. The molecule has 0 aliphatic heterocycles. The van der Waals surface area contributed by atoms with Gasteiger partial charge in [-0.1, -0.05) is 196 Å². The molecule has 8 nitrogen and oxygen atoms in total. The monoisotopic (exact) mass is 812 g/mol. The lowest BCUT2D eigenvalue weighted by Gasteiger charge is -2.34. The Balaban J connectivity index is 4.40. The summed E-state index contributed by atoms with van der Waals surface area (Å²) in [6, 6.07) is -0.735. The Morgan fingerprint density at radius 1 is 0.534 bits per heavy atom. The average molecular weight is 812 g/mol. The van der Waals surface area contributed by atoms with Gasteiger partial charge in [0.1, 0.15) is 12.6 Å². The highest BCUT2D eigenvalue weighted by molar-refractivity contribution is 5.70. The van der Waals surface area contributed by atoms with E-state index in [1.54, 1.807) is 21.1 Å². The molecule has 0 aromatic rings. The Kier molecular flexibility index (Phi) is 38.3. The topological polar surface area (TPSA) is 102 Å². The smallest absolute Gasteiger partial charge is 0.306 e. The van der Waals surface area contributed by atoms with E-state index in [9.17, 15) is 19.5 Å². The van der Waals surface area contributed by atoms with Crippen LogP contribution in [0.5, 0.6) is 0 Å². The van der Waals surface area contributed by atoms with E-state index in [2.05, 4.69) is 26.0 Å². The van der Waals surface area contributed by atoms with Crippen LogP contribution in [0.1, 0.15) is 174 Å². The summed E-state index contributed by atoms with van der Waals surface area (Å²) < 4.78 is 17.1. The Morgan fingerprint density at radius 3 is 1.43 bits per heavy atom. The number of carbonyl (C=O) groups is 3. The number of likely N-dealkylation sites (N-methyl/N-ethyl adjacent to an activating group) is 1. The van der Waals surface area contributed by atoms with Crippen molar-refractivity contribution in [3.05, 3.63) is 72.9 Å². The molecule has 0 fully saturated rings. The van der Waals surface area contributed by atoms with Crippen molar-refractivity contribution in [1.29, 1.82) is 0 Å². The summed E-state index contributed by atoms with van der Waals surface area (Å²) >= 11 is 0. The minimum Gasteiger partial charge on any atom is -0.544 e. The summed E-state index contributed by atoms with van der Waals surface area (Å²) in [4.78, 5) is 36.9. The fourth-order valence-electron chi connectivity index (χ4n) is 6.46. The molecule has 58 heavy (non-hydrogen) atoms. The number of carboxylic acids is 1. The molecule has 0 bridgehead atoms. The van der Waals surface area contributed by atoms with Gasteiger partial charge in [0.2, 0.25) is 0 Å². The standard InChI is InChI=1S/C50H85NO7/c1-6-8-10-12-14-16-18-20-22-24-26-28-30-32-34-36-38-40-48(52)57-45-46(44-56-43-42-47(50(54)55)51(3,4)5)58-49(53)41-39-37-35-33-31-29-27-25-23-21-19-17-15-13-11-9-7-2/h8,10,12,14,16,18,20,22,24,26,28,30,46-47H,6-7,9,11,13,15,17,19,21,23,25,27,29,31-45H2,1-5H3/b10-8+,14-12+,18-16+,22-20+,26-24+,30-28+. The molecule has 0 aliphatic rings. The number of ether oxygens (including phenoxy) is 3. The lowest BCUT2D eigenvalue weighted by Crippen LogP contribution is -2.55. The third-order valence-electron chi connectivity index (χ3n) is 10.0. The summed E-state index contributed by atoms with van der Waals surface area (Å²) in [6.45, 7) is 4.47. The van der Waals surface area contributed by atoms with E-state index in [0.29, 0.717) is 12.8 Å². The van der Waals surface area contributed by atoms with Gasteiger partial charge < -0.3 is 28.6 Å². The molecule has 0 saturated heterocycles. The van der Waals surface area contributed by atoms with Crippen LogP contribution in [0.2, 0.25) is 0 Å². The number of rotatable bonds is 40. The molecule has 0 N–H and O–H groups in total. The zero-order valence-electron chi connectivity index (χ0n) is 37.7. The first kappa shape index (κ1) is 54.8. The third-order valence-corrected chi connectivity index (χ3v) is 10.0. The van der Waals surface area contributed by atoms with Gasteiger partial charge >= 0.3 is 11.9 Å². The van der Waals surface area contributed by atoms with E-state index in [-0.39, 0.29) is 42.7 Å². The number of carbonyl (C=O) groups excluding carboxylic acids is 3. The highest BCUT2D eigenvalue weighted by Gasteiger charge is 2.25. The van der Waals surface area contributed by atoms with E-state index in [4.69, 9.17) is 14.2 Å². The van der Waals surface area contributed by atoms with Crippen LogP contribution >= 0.6 is 0 Å². The number of hydrogen-bond acceptors (Lipinski definition) is 7. The van der Waals surface area contributed by atoms with E-state index in [1.165, 1.54) is 89.9 Å². The highest BCUT2D eigenvalue weighted by Crippen LogP contribution is 2.15. The number of allylic oxidation sites excluding steroid dienone is 12. The highest BCUT2D eigenvalue weighted by atomic mass is 16.6. The molecule has 2 unspecified atom stereocenters. The second-order valence-corrected chi connectivity index (χ2v) is 16.4. The maximum Gasteiger partial charge on any atom is 0.306 e. The number of esters is 2. The quantitative estimate of drug-likeness (QED) is 0.0263. The average Bonchev–Trinajstić information content (AvgIpc) is 3.18. The van der Waals surface area contributed by atoms with Gasteiger partial charge in [-0.25, -0.2) is 0 Å². The molecule has 2 atom stereocenters. The predicted molar refractivity (Wildman–Crippen MR) is 240 cm³/mol. The Bertz CT molecular complexity index is 1180. The predicted octanol–water partition coefficient (Wildman–Crippen LogP) is 11.4. The van der Waals surface area contributed by atoms with Gasteiger partial charge in [-0.3, -0.25) is 9.59 Å². The molecule has 0 radical (unpaired) electrons. The van der Waals surface area contributed by atoms with Gasteiger partial charge in [-0.2, -0.15) is 0 Å². The molecular weight excluding hydrogens is 727 g/mol. The first-order chi connectivity index (χ1) is 28.1. The number of carboxylic acid groups (broad SMARTS) is 1. The second-order valence-electron chi connectivity index (χ2n) is 16.4. The van der Waals surface area contributed by atoms with Crippen LogP contribution in [-0.2, 0) is 28.6 Å². The zero-order valence-corrected chi connectivity index (χ0v) is 37.7. The van der Waals surface area contributed by atoms with Gasteiger partial charge in [-0.05, 0) is 32.1 Å². The van der Waals surface area contributed by atoms with Gasteiger partial charge in [0.15, 0.2) is 6.10 Å². The van der Waals surface area contributed by atoms with Crippen molar-refractivity contribution in [3.63, 3.8) is 0 Å². The molecule has 0 spiro atoms. The number of unbranched alkanes of at least 4 members (excludes halogenated alkanes) is 19. The summed E-state index contributed by atoms with van der Waals surface area (Å²) in [5.74, 6) is -1.79. The molecule has 0 amide bonds. The van der Waals surface area contributed by atoms with Crippen molar-refractivity contribution in [3.8, 4) is 0 Å². The molecule has 332 valence electrons. The first-order valence-corrected chi connectivity index (χ1v) is 23.0. The summed E-state index contributed by atoms with van der Waals surface area (Å²) in [5, 5.41) is 11.6. The maximum absolute atomic E-state index is 12.7. The molecule has 0 saturated carbocycles. The maximum atomic E-state index is 12.7. The number of aliphatic carboxylic acids is 1. The van der Waals surface area contributed by atoms with Gasteiger partial charge in [0, 0.05) is 19.3 Å². The van der Waals surface area contributed by atoms with Crippen molar-refractivity contribution in [2.24, 2.45) is 0 Å². The molecule has 0 aromatic carbocycles. The first-order valence-electron chi connectivity index (χ1n) is 23.0. The van der Waals surface area contributed by atoms with E-state index >= 15 is 0 Å². The third kappa shape index (κ3) is 38.3. The van der Waals surface area contributed by atoms with E-state index in [1.807, 2.05) is 60.8 Å². The fraction of sp³-hybridized carbons (Fsp3) is 0.700. The minimum absolute atomic E-state index is 0.0243. The van der Waals surface area contributed by atoms with Crippen LogP contribution in [0.15, 0.2) is 72.9 Å². The summed E-state index contributed by atoms with van der Waals surface area (Å²) in [6.07, 6.45) is 50.7. The molecule has 8 heteroatoms.